The third-order valence-electron chi connectivity index (χ3n) is 4.64. The largest absolute Gasteiger partial charge is 0.392 e. The maximum absolute atomic E-state index is 12.2. The average molecular weight is 393 g/mol. The zero-order valence-corrected chi connectivity index (χ0v) is 16.6. The molecule has 3 atom stereocenters. The average Bonchev–Trinajstić information content (AvgIpc) is 2.91. The molecule has 2 N–H and O–H groups in total. The van der Waals surface area contributed by atoms with E-state index in [1.807, 2.05) is 44.2 Å². The second-order valence-electron chi connectivity index (χ2n) is 6.46. The third-order valence-corrected chi connectivity index (χ3v) is 7.59. The minimum absolute atomic E-state index is 0.0201. The summed E-state index contributed by atoms with van der Waals surface area (Å²) in [5, 5.41) is 13.0. The highest BCUT2D eigenvalue weighted by Crippen LogP contribution is 2.53. The van der Waals surface area contributed by atoms with Crippen molar-refractivity contribution in [1.82, 2.24) is 4.90 Å². The van der Waals surface area contributed by atoms with Crippen LogP contribution in [0.25, 0.3) is 0 Å². The molecule has 1 saturated heterocycles. The first kappa shape index (κ1) is 19.3. The molecular formula is C19H24N2O3S2. The van der Waals surface area contributed by atoms with Crippen molar-refractivity contribution < 1.29 is 14.7 Å². The molecule has 26 heavy (non-hydrogen) atoms. The molecule has 2 aliphatic rings. The van der Waals surface area contributed by atoms with Gasteiger partial charge in [0.15, 0.2) is 0 Å². The number of carbonyl (C=O) groups is 2. The summed E-state index contributed by atoms with van der Waals surface area (Å²) in [6, 6.07) is 9.45. The molecule has 2 amide bonds. The molecule has 0 bridgehead atoms. The predicted octanol–water partition coefficient (Wildman–Crippen LogP) is 3.63. The topological polar surface area (TPSA) is 69.6 Å². The van der Waals surface area contributed by atoms with Crippen LogP contribution < -0.4 is 5.32 Å². The predicted molar refractivity (Wildman–Crippen MR) is 107 cm³/mol. The van der Waals surface area contributed by atoms with Crippen molar-refractivity contribution in [3.05, 3.63) is 40.3 Å². The molecule has 0 spiro atoms. The molecule has 0 aliphatic carbocycles. The minimum Gasteiger partial charge on any atom is -0.392 e. The Labute approximate surface area is 162 Å². The number of para-hydroxylation sites is 1. The van der Waals surface area contributed by atoms with Crippen molar-refractivity contribution in [2.24, 2.45) is 5.92 Å². The van der Waals surface area contributed by atoms with Crippen molar-refractivity contribution in [2.75, 3.05) is 11.1 Å². The number of hydrogen-bond acceptors (Lipinski definition) is 5. The Morgan fingerprint density at radius 1 is 1.38 bits per heavy atom. The van der Waals surface area contributed by atoms with Crippen molar-refractivity contribution in [2.45, 2.75) is 44.6 Å². The van der Waals surface area contributed by atoms with Crippen LogP contribution in [-0.4, -0.2) is 39.1 Å². The molecule has 5 nitrogen and oxygen atoms in total. The number of carbonyl (C=O) groups excluding carboxylic acids is 2. The van der Waals surface area contributed by atoms with Crippen LogP contribution in [-0.2, 0) is 9.59 Å². The third kappa shape index (κ3) is 3.94. The summed E-state index contributed by atoms with van der Waals surface area (Å²) in [7, 11) is 0. The van der Waals surface area contributed by atoms with Gasteiger partial charge in [-0.2, -0.15) is 0 Å². The summed E-state index contributed by atoms with van der Waals surface area (Å²) in [5.41, 5.74) is 1.81. The van der Waals surface area contributed by atoms with E-state index < -0.39 is 6.10 Å². The standard InChI is InChI=1S/C19H24N2O3S2/c1-3-14(22)16-17(24)21-12(2)19(26-18(16)21)25-11-7-10-15(23)20-13-8-5-4-6-9-13/h4-6,8-9,14,16,18,22H,3,7,10-11H2,1-2H3,(H,20,23)/t14-,16+,18+/m0/s1. The highest BCUT2D eigenvalue weighted by Gasteiger charge is 2.55. The molecule has 1 aromatic rings. The van der Waals surface area contributed by atoms with Crippen LogP contribution in [0, 0.1) is 5.92 Å². The lowest BCUT2D eigenvalue weighted by molar-refractivity contribution is -0.153. The summed E-state index contributed by atoms with van der Waals surface area (Å²) in [5.74, 6) is 0.603. The van der Waals surface area contributed by atoms with Gasteiger partial charge in [-0.15, -0.1) is 11.8 Å². The normalized spacial score (nSPS) is 22.9. The van der Waals surface area contributed by atoms with E-state index in [2.05, 4.69) is 5.32 Å². The Hall–Kier alpha value is -1.44. The van der Waals surface area contributed by atoms with Gasteiger partial charge >= 0.3 is 0 Å². The number of hydrogen-bond donors (Lipinski definition) is 2. The van der Waals surface area contributed by atoms with E-state index in [1.54, 1.807) is 28.4 Å². The molecular weight excluding hydrogens is 368 g/mol. The fourth-order valence-corrected chi connectivity index (χ4v) is 6.05. The molecule has 3 rings (SSSR count). The fourth-order valence-electron chi connectivity index (χ4n) is 3.15. The quantitative estimate of drug-likeness (QED) is 0.522. The number of benzene rings is 1. The number of nitrogens with zero attached hydrogens (tertiary/aromatic N) is 1. The molecule has 2 heterocycles. The number of allylic oxidation sites excluding steroid dienone is 1. The van der Waals surface area contributed by atoms with Crippen molar-refractivity contribution >= 4 is 41.0 Å². The zero-order valence-electron chi connectivity index (χ0n) is 15.0. The lowest BCUT2D eigenvalue weighted by atomic mass is 9.90. The van der Waals surface area contributed by atoms with Crippen LogP contribution in [0.2, 0.25) is 0 Å². The van der Waals surface area contributed by atoms with Crippen LogP contribution in [0.4, 0.5) is 5.69 Å². The summed E-state index contributed by atoms with van der Waals surface area (Å²) >= 11 is 3.37. The van der Waals surface area contributed by atoms with Crippen molar-refractivity contribution in [1.29, 1.82) is 0 Å². The molecule has 140 valence electrons. The first-order valence-corrected chi connectivity index (χ1v) is 10.8. The number of aliphatic hydroxyl groups is 1. The number of rotatable bonds is 8. The van der Waals surface area contributed by atoms with Gasteiger partial charge < -0.3 is 15.3 Å². The minimum atomic E-state index is -0.560. The van der Waals surface area contributed by atoms with Crippen LogP contribution in [0.1, 0.15) is 33.1 Å². The SMILES string of the molecule is CC[C@H](O)[C@@H]1C(=O)N2C(C)=C(SCCCC(=O)Nc3ccccc3)S[C@H]12. The lowest BCUT2D eigenvalue weighted by Gasteiger charge is -2.44. The van der Waals surface area contributed by atoms with Crippen LogP contribution in [0.3, 0.4) is 0 Å². The molecule has 1 fully saturated rings. The Balaban J connectivity index is 1.42. The van der Waals surface area contributed by atoms with Gasteiger partial charge in [-0.25, -0.2) is 0 Å². The fraction of sp³-hybridized carbons (Fsp3) is 0.474. The number of thioether (sulfide) groups is 2. The summed E-state index contributed by atoms with van der Waals surface area (Å²) in [4.78, 5) is 26.0. The van der Waals surface area contributed by atoms with Gasteiger partial charge in [0.05, 0.1) is 16.3 Å². The van der Waals surface area contributed by atoms with E-state index in [4.69, 9.17) is 0 Å². The van der Waals surface area contributed by atoms with Crippen molar-refractivity contribution in [3.63, 3.8) is 0 Å². The summed E-state index contributed by atoms with van der Waals surface area (Å²) in [6.45, 7) is 3.86. The summed E-state index contributed by atoms with van der Waals surface area (Å²) in [6.07, 6.45) is 1.29. The second kappa shape index (κ2) is 8.50. The van der Waals surface area contributed by atoms with Crippen LogP contribution in [0.15, 0.2) is 40.3 Å². The zero-order chi connectivity index (χ0) is 18.7. The van der Waals surface area contributed by atoms with Gasteiger partial charge in [-0.3, -0.25) is 9.59 Å². The van der Waals surface area contributed by atoms with Gasteiger partial charge in [-0.05, 0) is 37.7 Å². The molecule has 1 aromatic carbocycles. The lowest BCUT2D eigenvalue weighted by Crippen LogP contribution is -2.60. The Morgan fingerprint density at radius 2 is 2.12 bits per heavy atom. The van der Waals surface area contributed by atoms with Gasteiger partial charge in [0.1, 0.15) is 5.37 Å². The molecule has 7 heteroatoms. The second-order valence-corrected chi connectivity index (χ2v) is 8.95. The van der Waals surface area contributed by atoms with E-state index in [0.717, 1.165) is 27.8 Å². The van der Waals surface area contributed by atoms with Crippen LogP contribution in [0.5, 0.6) is 0 Å². The van der Waals surface area contributed by atoms with E-state index >= 15 is 0 Å². The maximum atomic E-state index is 12.2. The van der Waals surface area contributed by atoms with E-state index in [-0.39, 0.29) is 23.1 Å². The summed E-state index contributed by atoms with van der Waals surface area (Å²) < 4.78 is 1.14. The van der Waals surface area contributed by atoms with Gasteiger partial charge in [-0.1, -0.05) is 36.9 Å². The van der Waals surface area contributed by atoms with E-state index in [0.29, 0.717) is 12.8 Å². The molecule has 2 aliphatic heterocycles. The van der Waals surface area contributed by atoms with Crippen molar-refractivity contribution in [3.8, 4) is 0 Å². The number of amides is 2. The molecule has 0 radical (unpaired) electrons. The van der Waals surface area contributed by atoms with Gasteiger partial charge in [0, 0.05) is 17.8 Å². The Morgan fingerprint density at radius 3 is 2.81 bits per heavy atom. The Kier molecular flexibility index (Phi) is 6.32. The number of anilines is 1. The monoisotopic (exact) mass is 392 g/mol. The first-order valence-electron chi connectivity index (χ1n) is 8.89. The highest BCUT2D eigenvalue weighted by atomic mass is 32.2. The van der Waals surface area contributed by atoms with E-state index in [1.165, 1.54) is 0 Å². The number of aliphatic hydroxyl groups excluding tert-OH is 1. The maximum Gasteiger partial charge on any atom is 0.236 e. The van der Waals surface area contributed by atoms with Crippen LogP contribution >= 0.6 is 23.5 Å². The van der Waals surface area contributed by atoms with Gasteiger partial charge in [0.2, 0.25) is 11.8 Å². The smallest absolute Gasteiger partial charge is 0.236 e. The van der Waals surface area contributed by atoms with E-state index in [9.17, 15) is 14.7 Å². The number of β-lactam (4-membered cyclic amide) rings is 1. The molecule has 0 aromatic heterocycles. The highest BCUT2D eigenvalue weighted by molar-refractivity contribution is 8.22. The number of nitrogens with one attached hydrogen (secondary N) is 1. The Bertz CT molecular complexity index is 708. The number of fused-ring (bicyclic) bond motifs is 1. The molecule has 0 unspecified atom stereocenters. The van der Waals surface area contributed by atoms with Gasteiger partial charge in [0.25, 0.3) is 0 Å². The molecule has 0 saturated carbocycles. The first-order chi connectivity index (χ1) is 12.5.